The highest BCUT2D eigenvalue weighted by molar-refractivity contribution is 5.95. The quantitative estimate of drug-likeness (QED) is 0.507. The Morgan fingerprint density at radius 3 is 2.50 bits per heavy atom. The van der Waals surface area contributed by atoms with E-state index in [1.165, 1.54) is 24.1 Å². The van der Waals surface area contributed by atoms with Crippen LogP contribution in [0.5, 0.6) is 0 Å². The Labute approximate surface area is 191 Å². The lowest BCUT2D eigenvalue weighted by Crippen LogP contribution is -2.38. The van der Waals surface area contributed by atoms with Crippen LogP contribution in [0.2, 0.25) is 0 Å². The molecule has 2 heterocycles. The number of nitrogens with zero attached hydrogens (tertiary/aromatic N) is 3. The van der Waals surface area contributed by atoms with Gasteiger partial charge in [-0.2, -0.15) is 0 Å². The van der Waals surface area contributed by atoms with E-state index < -0.39 is 0 Å². The molecule has 1 unspecified atom stereocenters. The van der Waals surface area contributed by atoms with Crippen molar-refractivity contribution in [3.63, 3.8) is 0 Å². The Bertz CT molecular complexity index is 933. The van der Waals surface area contributed by atoms with Crippen molar-refractivity contribution in [2.75, 3.05) is 36.0 Å². The van der Waals surface area contributed by atoms with Crippen molar-refractivity contribution < 1.29 is 4.79 Å². The maximum atomic E-state index is 11.9. The zero-order valence-electron chi connectivity index (χ0n) is 19.3. The van der Waals surface area contributed by atoms with Crippen LogP contribution in [-0.2, 0) is 11.3 Å². The molecule has 2 saturated heterocycles. The van der Waals surface area contributed by atoms with Gasteiger partial charge >= 0.3 is 0 Å². The molecule has 0 bridgehead atoms. The van der Waals surface area contributed by atoms with Gasteiger partial charge in [-0.1, -0.05) is 24.3 Å². The molecule has 4 rings (SSSR count). The summed E-state index contributed by atoms with van der Waals surface area (Å²) in [6.45, 7) is 8.78. The van der Waals surface area contributed by atoms with E-state index in [0.29, 0.717) is 13.0 Å². The molecular formula is C26H35N5O. The summed E-state index contributed by atoms with van der Waals surface area (Å²) in [5.74, 6) is 1.03. The van der Waals surface area contributed by atoms with Gasteiger partial charge in [0.2, 0.25) is 5.91 Å². The maximum absolute atomic E-state index is 11.9. The van der Waals surface area contributed by atoms with Gasteiger partial charge in [0.25, 0.3) is 0 Å². The largest absolute Gasteiger partial charge is 0.372 e. The molecule has 1 atom stereocenters. The number of aliphatic imine (C=N–C) groups is 1. The van der Waals surface area contributed by atoms with Crippen LogP contribution in [0, 0.1) is 0 Å². The molecule has 0 aromatic heterocycles. The minimum atomic E-state index is 0.152. The molecule has 2 aromatic carbocycles. The molecule has 2 aliphatic heterocycles. The number of hydrogen-bond donors (Lipinski definition) is 2. The van der Waals surface area contributed by atoms with Crippen LogP contribution < -0.4 is 20.4 Å². The predicted octanol–water partition coefficient (Wildman–Crippen LogP) is 4.23. The van der Waals surface area contributed by atoms with E-state index in [4.69, 9.17) is 4.99 Å². The van der Waals surface area contributed by atoms with Crippen LogP contribution >= 0.6 is 0 Å². The van der Waals surface area contributed by atoms with Crippen molar-refractivity contribution >= 4 is 23.2 Å². The second kappa shape index (κ2) is 10.5. The molecule has 6 heteroatoms. The highest BCUT2D eigenvalue weighted by atomic mass is 16.2. The van der Waals surface area contributed by atoms with E-state index in [1.807, 2.05) is 17.0 Å². The van der Waals surface area contributed by atoms with E-state index in [1.54, 1.807) is 0 Å². The van der Waals surface area contributed by atoms with Crippen LogP contribution in [0.25, 0.3) is 0 Å². The number of guanidine groups is 1. The van der Waals surface area contributed by atoms with Gasteiger partial charge in [-0.15, -0.1) is 0 Å². The molecule has 0 saturated carbocycles. The van der Waals surface area contributed by atoms with Crippen LogP contribution in [0.15, 0.2) is 53.5 Å². The van der Waals surface area contributed by atoms with E-state index >= 15 is 0 Å². The Balaban J connectivity index is 1.39. The van der Waals surface area contributed by atoms with Gasteiger partial charge < -0.3 is 20.4 Å². The fourth-order valence-electron chi connectivity index (χ4n) is 4.45. The number of benzene rings is 2. The molecule has 2 aliphatic rings. The van der Waals surface area contributed by atoms with Gasteiger partial charge in [0.1, 0.15) is 0 Å². The van der Waals surface area contributed by atoms with Gasteiger partial charge in [-0.25, -0.2) is 4.99 Å². The summed E-state index contributed by atoms with van der Waals surface area (Å²) in [6, 6.07) is 17.2. The molecule has 0 radical (unpaired) electrons. The van der Waals surface area contributed by atoms with Gasteiger partial charge in [-0.05, 0) is 68.5 Å². The second-order valence-corrected chi connectivity index (χ2v) is 8.67. The number of rotatable bonds is 7. The topological polar surface area (TPSA) is 60.0 Å². The van der Waals surface area contributed by atoms with Crippen molar-refractivity contribution in [1.82, 2.24) is 10.6 Å². The number of amides is 1. The summed E-state index contributed by atoms with van der Waals surface area (Å²) < 4.78 is 0. The zero-order valence-corrected chi connectivity index (χ0v) is 19.3. The number of hydrogen-bond acceptors (Lipinski definition) is 3. The van der Waals surface area contributed by atoms with Crippen molar-refractivity contribution in [3.8, 4) is 0 Å². The number of nitrogens with one attached hydrogen (secondary N) is 2. The van der Waals surface area contributed by atoms with Gasteiger partial charge in [-0.3, -0.25) is 4.79 Å². The first kappa shape index (κ1) is 22.2. The van der Waals surface area contributed by atoms with E-state index in [9.17, 15) is 4.79 Å². The summed E-state index contributed by atoms with van der Waals surface area (Å²) in [5, 5.41) is 6.91. The standard InChI is InChI=1S/C26H35N5O/c1-3-27-26(28-19-21-11-13-23(14-12-21)31-17-7-10-25(31)32)29-20(2)22-8-6-9-24(18-22)30-15-4-5-16-30/h6,8-9,11-14,18,20H,3-5,7,10,15-17,19H2,1-2H3,(H2,27,28,29). The zero-order chi connectivity index (χ0) is 22.3. The normalized spacial score (nSPS) is 17.7. The SMILES string of the molecule is CCNC(=NCc1ccc(N2CCCC2=O)cc1)NC(C)c1cccc(N2CCCC2)c1. The minimum Gasteiger partial charge on any atom is -0.372 e. The van der Waals surface area contributed by atoms with Crippen molar-refractivity contribution in [2.24, 2.45) is 4.99 Å². The summed E-state index contributed by atoms with van der Waals surface area (Å²) in [5.41, 5.74) is 4.69. The third-order valence-electron chi connectivity index (χ3n) is 6.28. The number of carbonyl (C=O) groups is 1. The first-order chi connectivity index (χ1) is 15.6. The molecule has 0 aliphatic carbocycles. The molecule has 1 amide bonds. The van der Waals surface area contributed by atoms with Gasteiger partial charge in [0.05, 0.1) is 12.6 Å². The molecule has 0 spiro atoms. The number of carbonyl (C=O) groups excluding carboxylic acids is 1. The molecule has 6 nitrogen and oxygen atoms in total. The molecule has 32 heavy (non-hydrogen) atoms. The Hall–Kier alpha value is -3.02. The average molecular weight is 434 g/mol. The Morgan fingerprint density at radius 2 is 1.81 bits per heavy atom. The maximum Gasteiger partial charge on any atom is 0.227 e. The van der Waals surface area contributed by atoms with Crippen molar-refractivity contribution in [1.29, 1.82) is 0 Å². The summed E-state index contributed by atoms with van der Waals surface area (Å²) in [6.07, 6.45) is 4.17. The lowest BCUT2D eigenvalue weighted by Gasteiger charge is -2.22. The van der Waals surface area contributed by atoms with E-state index in [2.05, 4.69) is 65.8 Å². The smallest absolute Gasteiger partial charge is 0.227 e. The number of anilines is 2. The van der Waals surface area contributed by atoms with Crippen LogP contribution in [-0.4, -0.2) is 38.0 Å². The van der Waals surface area contributed by atoms with Crippen LogP contribution in [0.3, 0.4) is 0 Å². The van der Waals surface area contributed by atoms with E-state index in [0.717, 1.165) is 49.8 Å². The molecular weight excluding hydrogens is 398 g/mol. The highest BCUT2D eigenvalue weighted by Gasteiger charge is 2.21. The summed E-state index contributed by atoms with van der Waals surface area (Å²) in [4.78, 5) is 21.1. The Kier molecular flexibility index (Phi) is 7.30. The monoisotopic (exact) mass is 433 g/mol. The molecule has 2 fully saturated rings. The average Bonchev–Trinajstić information content (AvgIpc) is 3.50. The highest BCUT2D eigenvalue weighted by Crippen LogP contribution is 2.24. The van der Waals surface area contributed by atoms with E-state index in [-0.39, 0.29) is 11.9 Å². The van der Waals surface area contributed by atoms with Crippen LogP contribution in [0.4, 0.5) is 11.4 Å². The second-order valence-electron chi connectivity index (χ2n) is 8.67. The third kappa shape index (κ3) is 5.42. The fourth-order valence-corrected chi connectivity index (χ4v) is 4.45. The molecule has 2 N–H and O–H groups in total. The predicted molar refractivity (Wildman–Crippen MR) is 132 cm³/mol. The summed E-state index contributed by atoms with van der Waals surface area (Å²) in [7, 11) is 0. The van der Waals surface area contributed by atoms with Gasteiger partial charge in [0.15, 0.2) is 5.96 Å². The fraction of sp³-hybridized carbons (Fsp3) is 0.462. The first-order valence-electron chi connectivity index (χ1n) is 11.9. The van der Waals surface area contributed by atoms with Crippen molar-refractivity contribution in [3.05, 3.63) is 59.7 Å². The lowest BCUT2D eigenvalue weighted by molar-refractivity contribution is -0.117. The van der Waals surface area contributed by atoms with Gasteiger partial charge in [0, 0.05) is 44.0 Å². The molecule has 2 aromatic rings. The lowest BCUT2D eigenvalue weighted by atomic mass is 10.1. The minimum absolute atomic E-state index is 0.152. The summed E-state index contributed by atoms with van der Waals surface area (Å²) >= 11 is 0. The molecule has 170 valence electrons. The Morgan fingerprint density at radius 1 is 1.03 bits per heavy atom. The van der Waals surface area contributed by atoms with Crippen LogP contribution in [0.1, 0.15) is 56.7 Å². The third-order valence-corrected chi connectivity index (χ3v) is 6.28. The van der Waals surface area contributed by atoms with Crippen molar-refractivity contribution in [2.45, 2.75) is 52.1 Å². The first-order valence-corrected chi connectivity index (χ1v) is 11.9.